The van der Waals surface area contributed by atoms with E-state index in [0.29, 0.717) is 13.2 Å². The number of nitrogens with two attached hydrogens (primary N) is 1. The minimum atomic E-state index is 0.185. The van der Waals surface area contributed by atoms with Crippen molar-refractivity contribution in [2.24, 2.45) is 5.84 Å². The van der Waals surface area contributed by atoms with Gasteiger partial charge < -0.3 is 9.47 Å². The van der Waals surface area contributed by atoms with Gasteiger partial charge in [0.1, 0.15) is 0 Å². The molecule has 1 rings (SSSR count). The van der Waals surface area contributed by atoms with Gasteiger partial charge in [0.15, 0.2) is 0 Å². The van der Waals surface area contributed by atoms with E-state index in [0.717, 1.165) is 18.4 Å². The van der Waals surface area contributed by atoms with Crippen LogP contribution in [0.15, 0.2) is 12.2 Å². The fourth-order valence-electron chi connectivity index (χ4n) is 1.04. The Bertz CT molecular complexity index is 397. The van der Waals surface area contributed by atoms with E-state index in [-0.39, 0.29) is 18.0 Å². The zero-order chi connectivity index (χ0) is 13.4. The smallest absolute Gasteiger partial charge is 0.324 e. The molecule has 0 bridgehead atoms. The molecule has 0 amide bonds. The SMILES string of the molecule is C=C(C)CCOc1nc(NN)nc(OCCC)n1. The largest absolute Gasteiger partial charge is 0.463 e. The Balaban J connectivity index is 2.67. The lowest BCUT2D eigenvalue weighted by Gasteiger charge is -2.08. The lowest BCUT2D eigenvalue weighted by Crippen LogP contribution is -2.14. The minimum absolute atomic E-state index is 0.185. The normalized spacial score (nSPS) is 9.94. The highest BCUT2D eigenvalue weighted by molar-refractivity contribution is 5.25. The van der Waals surface area contributed by atoms with Crippen molar-refractivity contribution in [2.75, 3.05) is 18.6 Å². The number of ether oxygens (including phenoxy) is 2. The second-order valence-corrected chi connectivity index (χ2v) is 3.77. The monoisotopic (exact) mass is 253 g/mol. The van der Waals surface area contributed by atoms with Gasteiger partial charge in [-0.1, -0.05) is 12.5 Å². The van der Waals surface area contributed by atoms with Gasteiger partial charge in [-0.15, -0.1) is 11.6 Å². The minimum Gasteiger partial charge on any atom is -0.463 e. The molecule has 1 aromatic rings. The van der Waals surface area contributed by atoms with E-state index >= 15 is 0 Å². The number of nitrogen functional groups attached to an aromatic ring is 1. The summed E-state index contributed by atoms with van der Waals surface area (Å²) in [6.45, 7) is 8.69. The van der Waals surface area contributed by atoms with Crippen molar-refractivity contribution < 1.29 is 9.47 Å². The van der Waals surface area contributed by atoms with Crippen LogP contribution in [-0.2, 0) is 0 Å². The van der Waals surface area contributed by atoms with Crippen molar-refractivity contribution in [1.29, 1.82) is 0 Å². The zero-order valence-corrected chi connectivity index (χ0v) is 10.8. The van der Waals surface area contributed by atoms with Crippen LogP contribution in [0.25, 0.3) is 0 Å². The van der Waals surface area contributed by atoms with Crippen molar-refractivity contribution >= 4 is 5.95 Å². The van der Waals surface area contributed by atoms with E-state index in [4.69, 9.17) is 15.3 Å². The molecule has 100 valence electrons. The van der Waals surface area contributed by atoms with Crippen molar-refractivity contribution in [3.05, 3.63) is 12.2 Å². The molecule has 0 aromatic carbocycles. The standard InChI is InChI=1S/C11H19N5O2/c1-4-6-17-10-13-9(16-12)14-11(15-10)18-7-5-8(2)3/h2,4-7,12H2,1,3H3,(H,13,14,15,16). The first-order chi connectivity index (χ1) is 8.65. The van der Waals surface area contributed by atoms with Gasteiger partial charge in [-0.2, -0.15) is 9.97 Å². The molecule has 3 N–H and O–H groups in total. The summed E-state index contributed by atoms with van der Waals surface area (Å²) < 4.78 is 10.7. The Morgan fingerprint density at radius 1 is 1.22 bits per heavy atom. The molecule has 0 unspecified atom stereocenters. The first-order valence-corrected chi connectivity index (χ1v) is 5.78. The molecule has 18 heavy (non-hydrogen) atoms. The van der Waals surface area contributed by atoms with Gasteiger partial charge in [0.2, 0.25) is 5.95 Å². The second kappa shape index (κ2) is 7.44. The molecule has 0 saturated heterocycles. The van der Waals surface area contributed by atoms with Crippen molar-refractivity contribution in [3.8, 4) is 12.0 Å². The summed E-state index contributed by atoms with van der Waals surface area (Å²) in [5.41, 5.74) is 3.37. The van der Waals surface area contributed by atoms with E-state index in [1.54, 1.807) is 0 Å². The predicted octanol–water partition coefficient (Wildman–Crippen LogP) is 1.29. The summed E-state index contributed by atoms with van der Waals surface area (Å²) in [4.78, 5) is 11.9. The third kappa shape index (κ3) is 4.96. The highest BCUT2D eigenvalue weighted by atomic mass is 16.5. The van der Waals surface area contributed by atoms with Crippen LogP contribution >= 0.6 is 0 Å². The molecule has 0 aliphatic heterocycles. The Kier molecular flexibility index (Phi) is 5.86. The predicted molar refractivity (Wildman–Crippen MR) is 68.3 cm³/mol. The molecule has 0 aliphatic rings. The van der Waals surface area contributed by atoms with Gasteiger partial charge in [0, 0.05) is 6.42 Å². The van der Waals surface area contributed by atoms with Crippen molar-refractivity contribution in [3.63, 3.8) is 0 Å². The lowest BCUT2D eigenvalue weighted by atomic mass is 10.3. The number of aromatic nitrogens is 3. The van der Waals surface area contributed by atoms with Gasteiger partial charge in [0.25, 0.3) is 0 Å². The van der Waals surface area contributed by atoms with Crippen LogP contribution < -0.4 is 20.7 Å². The van der Waals surface area contributed by atoms with Crippen LogP contribution in [0.4, 0.5) is 5.95 Å². The third-order valence-corrected chi connectivity index (χ3v) is 1.92. The number of anilines is 1. The molecule has 0 saturated carbocycles. The molecule has 1 aromatic heterocycles. The average molecular weight is 253 g/mol. The zero-order valence-electron chi connectivity index (χ0n) is 10.8. The van der Waals surface area contributed by atoms with Gasteiger partial charge in [-0.25, -0.2) is 5.84 Å². The molecule has 0 radical (unpaired) electrons. The van der Waals surface area contributed by atoms with Crippen LogP contribution in [0, 0.1) is 0 Å². The summed E-state index contributed by atoms with van der Waals surface area (Å²) in [6, 6.07) is 0.385. The molecule has 1 heterocycles. The summed E-state index contributed by atoms with van der Waals surface area (Å²) >= 11 is 0. The molecule has 0 fully saturated rings. The number of hydrazine groups is 1. The molecule has 7 nitrogen and oxygen atoms in total. The molecule has 0 atom stereocenters. The Morgan fingerprint density at radius 2 is 1.83 bits per heavy atom. The highest BCUT2D eigenvalue weighted by Crippen LogP contribution is 2.13. The molecule has 7 heteroatoms. The molecule has 0 aliphatic carbocycles. The number of nitrogens with zero attached hydrogens (tertiary/aromatic N) is 3. The van der Waals surface area contributed by atoms with Crippen molar-refractivity contribution in [2.45, 2.75) is 26.7 Å². The first kappa shape index (κ1) is 14.2. The Labute approximate surface area is 106 Å². The van der Waals surface area contributed by atoms with E-state index < -0.39 is 0 Å². The van der Waals surface area contributed by atoms with Gasteiger partial charge in [-0.05, 0) is 13.3 Å². The van der Waals surface area contributed by atoms with Crippen LogP contribution in [0.1, 0.15) is 26.7 Å². The van der Waals surface area contributed by atoms with Crippen LogP contribution in [0.2, 0.25) is 0 Å². The summed E-state index contributed by atoms with van der Waals surface area (Å²) in [7, 11) is 0. The maximum atomic E-state index is 5.38. The lowest BCUT2D eigenvalue weighted by molar-refractivity contribution is 0.264. The van der Waals surface area contributed by atoms with E-state index in [2.05, 4.69) is 27.0 Å². The van der Waals surface area contributed by atoms with E-state index in [1.165, 1.54) is 0 Å². The average Bonchev–Trinajstić information content (AvgIpc) is 2.35. The summed E-state index contributed by atoms with van der Waals surface area (Å²) in [6.07, 6.45) is 1.60. The van der Waals surface area contributed by atoms with E-state index in [1.807, 2.05) is 13.8 Å². The van der Waals surface area contributed by atoms with Gasteiger partial charge in [0.05, 0.1) is 13.2 Å². The fraction of sp³-hybridized carbons (Fsp3) is 0.545. The third-order valence-electron chi connectivity index (χ3n) is 1.92. The molecule has 0 spiro atoms. The quantitative estimate of drug-likeness (QED) is 0.409. The second-order valence-electron chi connectivity index (χ2n) is 3.77. The van der Waals surface area contributed by atoms with Crippen LogP contribution in [-0.4, -0.2) is 28.2 Å². The van der Waals surface area contributed by atoms with Crippen LogP contribution in [0.3, 0.4) is 0 Å². The van der Waals surface area contributed by atoms with Gasteiger partial charge >= 0.3 is 12.0 Å². The Hall–Kier alpha value is -1.89. The van der Waals surface area contributed by atoms with Gasteiger partial charge in [-0.3, -0.25) is 5.43 Å². The first-order valence-electron chi connectivity index (χ1n) is 5.78. The summed E-state index contributed by atoms with van der Waals surface area (Å²) in [5, 5.41) is 0. The number of hydrogen-bond acceptors (Lipinski definition) is 7. The molecular weight excluding hydrogens is 234 g/mol. The van der Waals surface area contributed by atoms with Crippen molar-refractivity contribution in [1.82, 2.24) is 15.0 Å². The topological polar surface area (TPSA) is 95.2 Å². The maximum Gasteiger partial charge on any atom is 0.324 e. The number of rotatable bonds is 8. The molecular formula is C11H19N5O2. The van der Waals surface area contributed by atoms with Crippen LogP contribution in [0.5, 0.6) is 12.0 Å². The Morgan fingerprint density at radius 3 is 2.33 bits per heavy atom. The van der Waals surface area contributed by atoms with E-state index in [9.17, 15) is 0 Å². The number of hydrogen-bond donors (Lipinski definition) is 2. The fourth-order valence-corrected chi connectivity index (χ4v) is 1.04. The number of nitrogens with one attached hydrogen (secondary N) is 1. The highest BCUT2D eigenvalue weighted by Gasteiger charge is 2.07. The maximum absolute atomic E-state index is 5.38. The summed E-state index contributed by atoms with van der Waals surface area (Å²) in [5.74, 6) is 5.47.